The van der Waals surface area contributed by atoms with Gasteiger partial charge < -0.3 is 19.5 Å². The zero-order valence-electron chi connectivity index (χ0n) is 19.4. The molecular weight excluding hydrogens is 428 g/mol. The maximum atomic E-state index is 13.1. The van der Waals surface area contributed by atoms with Gasteiger partial charge in [-0.05, 0) is 44.4 Å². The number of hydrogen-bond acceptors (Lipinski definition) is 8. The second-order valence-corrected chi connectivity index (χ2v) is 8.47. The van der Waals surface area contributed by atoms with Crippen molar-refractivity contribution in [1.29, 1.82) is 0 Å². The van der Waals surface area contributed by atoms with Gasteiger partial charge in [0.2, 0.25) is 11.1 Å². The first kappa shape index (κ1) is 24.0. The van der Waals surface area contributed by atoms with Gasteiger partial charge >= 0.3 is 5.97 Å². The quantitative estimate of drug-likeness (QED) is 0.290. The van der Waals surface area contributed by atoms with E-state index >= 15 is 0 Å². The van der Waals surface area contributed by atoms with Crippen LogP contribution < -0.4 is 14.8 Å². The minimum Gasteiger partial charge on any atom is -0.493 e. The third-order valence-corrected chi connectivity index (χ3v) is 5.95. The number of carbonyl (C=O) groups is 1. The summed E-state index contributed by atoms with van der Waals surface area (Å²) >= 11 is 1.61. The third-order valence-electron chi connectivity index (χ3n) is 5.02. The minimum atomic E-state index is -0.492. The number of carbonyl (C=O) groups excluding carboxylic acids is 1. The van der Waals surface area contributed by atoms with Crippen LogP contribution in [-0.2, 0) is 9.53 Å². The van der Waals surface area contributed by atoms with Crippen LogP contribution in [0.2, 0.25) is 0 Å². The molecule has 174 valence electrons. The third kappa shape index (κ3) is 5.20. The first-order valence-electron chi connectivity index (χ1n) is 11.1. The monoisotopic (exact) mass is 460 g/mol. The number of anilines is 1. The highest BCUT2D eigenvalue weighted by molar-refractivity contribution is 7.99. The van der Waals surface area contributed by atoms with Crippen molar-refractivity contribution in [2.75, 3.05) is 31.4 Å². The summed E-state index contributed by atoms with van der Waals surface area (Å²) in [4.78, 5) is 17.7. The molecule has 1 unspecified atom stereocenters. The molecule has 1 aliphatic heterocycles. The number of rotatable bonds is 11. The van der Waals surface area contributed by atoms with E-state index in [1.54, 1.807) is 23.6 Å². The Morgan fingerprint density at radius 1 is 1.22 bits per heavy atom. The average molecular weight is 461 g/mol. The Kier molecular flexibility index (Phi) is 8.44. The SMILES string of the molecule is CCCCSc1nc2n(n1)C(c1ccc(OCC)c(OC)c1)C(C(=O)OCCC)=C(C)N2. The van der Waals surface area contributed by atoms with Crippen molar-refractivity contribution >= 4 is 23.7 Å². The topological polar surface area (TPSA) is 87.5 Å². The van der Waals surface area contributed by atoms with Gasteiger partial charge in [0.1, 0.15) is 6.04 Å². The van der Waals surface area contributed by atoms with E-state index in [9.17, 15) is 4.79 Å². The molecule has 32 heavy (non-hydrogen) atoms. The molecule has 0 bridgehead atoms. The molecule has 0 amide bonds. The van der Waals surface area contributed by atoms with Crippen molar-refractivity contribution in [3.05, 3.63) is 35.0 Å². The van der Waals surface area contributed by atoms with Crippen LogP contribution in [0.3, 0.4) is 0 Å². The summed E-state index contributed by atoms with van der Waals surface area (Å²) in [7, 11) is 1.60. The van der Waals surface area contributed by atoms with E-state index in [1.807, 2.05) is 39.0 Å². The second kappa shape index (κ2) is 11.3. The number of unbranched alkanes of at least 4 members (excludes halogenated alkanes) is 1. The number of allylic oxidation sites excluding steroid dienone is 1. The molecule has 2 heterocycles. The molecule has 1 atom stereocenters. The molecule has 1 aliphatic rings. The maximum absolute atomic E-state index is 13.1. The number of esters is 1. The molecule has 0 spiro atoms. The molecule has 9 heteroatoms. The highest BCUT2D eigenvalue weighted by Crippen LogP contribution is 2.39. The summed E-state index contributed by atoms with van der Waals surface area (Å²) in [6.45, 7) is 8.80. The first-order chi connectivity index (χ1) is 15.5. The Morgan fingerprint density at radius 3 is 2.72 bits per heavy atom. The molecule has 1 aromatic carbocycles. The van der Waals surface area contributed by atoms with Gasteiger partial charge in [-0.25, -0.2) is 9.48 Å². The minimum absolute atomic E-state index is 0.358. The molecule has 0 saturated carbocycles. The number of fused-ring (bicyclic) bond motifs is 1. The Labute approximate surface area is 193 Å². The molecule has 8 nitrogen and oxygen atoms in total. The fraction of sp³-hybridized carbons (Fsp3) is 0.522. The Bertz CT molecular complexity index is 973. The average Bonchev–Trinajstić information content (AvgIpc) is 3.19. The highest BCUT2D eigenvalue weighted by atomic mass is 32.2. The summed E-state index contributed by atoms with van der Waals surface area (Å²) in [5.74, 6) is 2.43. The van der Waals surface area contributed by atoms with Crippen molar-refractivity contribution in [3.63, 3.8) is 0 Å². The number of benzene rings is 1. The van der Waals surface area contributed by atoms with Crippen LogP contribution in [0.4, 0.5) is 5.95 Å². The fourth-order valence-corrected chi connectivity index (χ4v) is 4.39. The van der Waals surface area contributed by atoms with Gasteiger partial charge in [0, 0.05) is 11.4 Å². The van der Waals surface area contributed by atoms with Crippen molar-refractivity contribution in [2.24, 2.45) is 0 Å². The molecular formula is C23H32N4O4S. The number of ether oxygens (including phenoxy) is 3. The predicted octanol–water partition coefficient (Wildman–Crippen LogP) is 4.82. The second-order valence-electron chi connectivity index (χ2n) is 7.41. The summed E-state index contributed by atoms with van der Waals surface area (Å²) in [6, 6.07) is 5.18. The lowest BCUT2D eigenvalue weighted by Gasteiger charge is -2.28. The smallest absolute Gasteiger partial charge is 0.338 e. The summed E-state index contributed by atoms with van der Waals surface area (Å²) in [5, 5.41) is 8.65. The van der Waals surface area contributed by atoms with Crippen molar-refractivity contribution in [3.8, 4) is 11.5 Å². The lowest BCUT2D eigenvalue weighted by molar-refractivity contribution is -0.139. The van der Waals surface area contributed by atoms with Crippen LogP contribution in [0.1, 0.15) is 58.6 Å². The van der Waals surface area contributed by atoms with E-state index in [0.717, 1.165) is 30.6 Å². The van der Waals surface area contributed by atoms with E-state index in [0.29, 0.717) is 47.1 Å². The maximum Gasteiger partial charge on any atom is 0.338 e. The van der Waals surface area contributed by atoms with E-state index in [-0.39, 0.29) is 5.97 Å². The normalized spacial score (nSPS) is 15.2. The van der Waals surface area contributed by atoms with E-state index < -0.39 is 6.04 Å². The lowest BCUT2D eigenvalue weighted by atomic mass is 9.95. The summed E-state index contributed by atoms with van der Waals surface area (Å²) < 4.78 is 18.5. The standard InChI is InChI=1S/C23H32N4O4S/c1-6-9-13-32-23-25-22-24-15(4)19(21(28)31-12-7-2)20(27(22)26-23)16-10-11-17(30-8-3)18(14-16)29-5/h10-11,14,20H,6-9,12-13H2,1-5H3,(H,24,25,26). The van der Waals surface area contributed by atoms with Crippen molar-refractivity contribution in [1.82, 2.24) is 14.8 Å². The van der Waals surface area contributed by atoms with Gasteiger partial charge in [0.15, 0.2) is 11.5 Å². The number of aromatic nitrogens is 3. The fourth-order valence-electron chi connectivity index (χ4n) is 3.47. The molecule has 3 rings (SSSR count). The van der Waals surface area contributed by atoms with Crippen molar-refractivity contribution < 1.29 is 19.0 Å². The van der Waals surface area contributed by atoms with Gasteiger partial charge in [0.25, 0.3) is 0 Å². The van der Waals surface area contributed by atoms with Crippen molar-refractivity contribution in [2.45, 2.75) is 58.2 Å². The van der Waals surface area contributed by atoms with Crippen LogP contribution in [0, 0.1) is 0 Å². The van der Waals surface area contributed by atoms with Gasteiger partial charge in [-0.2, -0.15) is 4.98 Å². The Balaban J connectivity index is 2.06. The number of hydrogen-bond donors (Lipinski definition) is 1. The largest absolute Gasteiger partial charge is 0.493 e. The van der Waals surface area contributed by atoms with E-state index in [1.165, 1.54) is 0 Å². The van der Waals surface area contributed by atoms with Crippen LogP contribution in [0.15, 0.2) is 34.6 Å². The van der Waals surface area contributed by atoms with Crippen LogP contribution in [-0.4, -0.2) is 46.8 Å². The van der Waals surface area contributed by atoms with Gasteiger partial charge in [-0.15, -0.1) is 5.10 Å². The van der Waals surface area contributed by atoms with Crippen LogP contribution in [0.25, 0.3) is 0 Å². The van der Waals surface area contributed by atoms with Crippen LogP contribution >= 0.6 is 11.8 Å². The number of nitrogens with zero attached hydrogens (tertiary/aromatic N) is 3. The molecule has 1 N–H and O–H groups in total. The highest BCUT2D eigenvalue weighted by Gasteiger charge is 2.35. The van der Waals surface area contributed by atoms with Gasteiger partial charge in [-0.3, -0.25) is 0 Å². The Morgan fingerprint density at radius 2 is 2.03 bits per heavy atom. The summed E-state index contributed by atoms with van der Waals surface area (Å²) in [5.41, 5.74) is 2.05. The number of nitrogens with one attached hydrogen (secondary N) is 1. The lowest BCUT2D eigenvalue weighted by Crippen LogP contribution is -2.29. The Hall–Kier alpha value is -2.68. The van der Waals surface area contributed by atoms with Gasteiger partial charge in [0.05, 0.1) is 25.9 Å². The predicted molar refractivity (Wildman–Crippen MR) is 126 cm³/mol. The molecule has 0 fully saturated rings. The van der Waals surface area contributed by atoms with Crippen LogP contribution in [0.5, 0.6) is 11.5 Å². The zero-order valence-corrected chi connectivity index (χ0v) is 20.3. The summed E-state index contributed by atoms with van der Waals surface area (Å²) in [6.07, 6.45) is 2.95. The number of thioether (sulfide) groups is 1. The van der Waals surface area contributed by atoms with Gasteiger partial charge in [-0.1, -0.05) is 38.1 Å². The number of methoxy groups -OCH3 is 1. The molecule has 0 saturated heterocycles. The zero-order chi connectivity index (χ0) is 23.1. The van der Waals surface area contributed by atoms with E-state index in [4.69, 9.17) is 19.3 Å². The molecule has 0 aliphatic carbocycles. The molecule has 2 aromatic rings. The van der Waals surface area contributed by atoms with E-state index in [2.05, 4.69) is 17.2 Å². The molecule has 0 radical (unpaired) electrons. The molecule has 1 aromatic heterocycles. The first-order valence-corrected chi connectivity index (χ1v) is 12.1.